The summed E-state index contributed by atoms with van der Waals surface area (Å²) in [6, 6.07) is 31.9. The van der Waals surface area contributed by atoms with Crippen LogP contribution in [0.2, 0.25) is 0 Å². The van der Waals surface area contributed by atoms with Crippen molar-refractivity contribution < 1.29 is 9.53 Å². The number of aromatic nitrogens is 3. The summed E-state index contributed by atoms with van der Waals surface area (Å²) < 4.78 is 7.65. The van der Waals surface area contributed by atoms with Gasteiger partial charge in [0.15, 0.2) is 0 Å². The minimum atomic E-state index is -0.130. The van der Waals surface area contributed by atoms with Gasteiger partial charge in [-0.2, -0.15) is 9.78 Å². The van der Waals surface area contributed by atoms with E-state index in [4.69, 9.17) is 4.74 Å². The van der Waals surface area contributed by atoms with Gasteiger partial charge in [-0.15, -0.1) is 0 Å². The minimum absolute atomic E-state index is 0.130. The van der Waals surface area contributed by atoms with Crippen molar-refractivity contribution in [1.29, 1.82) is 0 Å². The third kappa shape index (κ3) is 4.18. The maximum Gasteiger partial charge on any atom is 0.279 e. The van der Waals surface area contributed by atoms with Crippen molar-refractivity contribution >= 4 is 22.4 Å². The predicted molar refractivity (Wildman–Crippen MR) is 137 cm³/mol. The van der Waals surface area contributed by atoms with Gasteiger partial charge in [-0.3, -0.25) is 9.78 Å². The molecule has 0 saturated carbocycles. The molecule has 3 aromatic carbocycles. The number of pyridine rings is 1. The van der Waals surface area contributed by atoms with E-state index in [0.29, 0.717) is 25.2 Å². The second-order valence-electron chi connectivity index (χ2n) is 8.65. The topological polar surface area (TPSA) is 57.0 Å². The number of allylic oxidation sites excluding steroid dienone is 1. The molecule has 0 bridgehead atoms. The number of ether oxygens (including phenoxy) is 1. The van der Waals surface area contributed by atoms with Crippen LogP contribution in [0.5, 0.6) is 0 Å². The lowest BCUT2D eigenvalue weighted by Gasteiger charge is -2.21. The van der Waals surface area contributed by atoms with E-state index in [0.717, 1.165) is 44.6 Å². The van der Waals surface area contributed by atoms with Crippen LogP contribution >= 0.6 is 0 Å². The van der Waals surface area contributed by atoms with Crippen LogP contribution in [-0.2, 0) is 17.8 Å². The first-order chi connectivity index (χ1) is 17.3. The monoisotopic (exact) mass is 457 g/mol. The molecule has 0 radical (unpaired) electrons. The molecule has 0 aliphatic carbocycles. The molecule has 0 amide bonds. The molecule has 5 aromatic rings. The van der Waals surface area contributed by atoms with Crippen molar-refractivity contribution in [2.24, 2.45) is 0 Å². The fourth-order valence-corrected chi connectivity index (χ4v) is 4.58. The summed E-state index contributed by atoms with van der Waals surface area (Å²) in [7, 11) is 0. The maximum atomic E-state index is 13.8. The number of nitrogens with zero attached hydrogens (tertiary/aromatic N) is 3. The molecule has 0 N–H and O–H groups in total. The van der Waals surface area contributed by atoms with E-state index in [2.05, 4.69) is 10.1 Å². The molecule has 0 fully saturated rings. The van der Waals surface area contributed by atoms with Crippen molar-refractivity contribution in [1.82, 2.24) is 14.8 Å². The molecule has 0 spiro atoms. The van der Waals surface area contributed by atoms with Gasteiger partial charge in [0.25, 0.3) is 5.91 Å². The van der Waals surface area contributed by atoms with Crippen LogP contribution in [0.15, 0.2) is 109 Å². The summed E-state index contributed by atoms with van der Waals surface area (Å²) >= 11 is 0. The number of hydrogen-bond donors (Lipinski definition) is 0. The van der Waals surface area contributed by atoms with Crippen LogP contribution in [0.1, 0.15) is 21.6 Å². The number of rotatable bonds is 6. The van der Waals surface area contributed by atoms with E-state index in [1.54, 1.807) is 10.9 Å². The Labute approximate surface area is 203 Å². The Bertz CT molecular complexity index is 1550. The van der Waals surface area contributed by atoms with Crippen molar-refractivity contribution in [3.63, 3.8) is 0 Å². The van der Waals surface area contributed by atoms with Crippen LogP contribution in [0, 0.1) is 0 Å². The third-order valence-electron chi connectivity index (χ3n) is 6.29. The summed E-state index contributed by atoms with van der Waals surface area (Å²) in [6.45, 7) is 0.856. The number of benzene rings is 3. The molecular formula is C30H23N3O2. The molecule has 0 unspecified atom stereocenters. The zero-order valence-corrected chi connectivity index (χ0v) is 19.1. The lowest BCUT2D eigenvalue weighted by molar-refractivity contribution is 0.0951. The van der Waals surface area contributed by atoms with Gasteiger partial charge < -0.3 is 4.74 Å². The highest BCUT2D eigenvalue weighted by Crippen LogP contribution is 2.32. The third-order valence-corrected chi connectivity index (χ3v) is 6.29. The number of carbonyl (C=O) groups is 1. The first-order valence-electron chi connectivity index (χ1n) is 11.6. The molecule has 6 rings (SSSR count). The van der Waals surface area contributed by atoms with E-state index in [9.17, 15) is 4.79 Å². The molecule has 2 aromatic heterocycles. The Morgan fingerprint density at radius 2 is 1.60 bits per heavy atom. The predicted octanol–water partition coefficient (Wildman–Crippen LogP) is 5.97. The van der Waals surface area contributed by atoms with Crippen LogP contribution in [0.3, 0.4) is 0 Å². The number of carbonyl (C=O) groups excluding carboxylic acids is 1. The molecule has 5 nitrogen and oxygen atoms in total. The van der Waals surface area contributed by atoms with Gasteiger partial charge in [-0.05, 0) is 41.0 Å². The normalized spacial score (nSPS) is 13.3. The second kappa shape index (κ2) is 9.12. The van der Waals surface area contributed by atoms with Crippen molar-refractivity contribution in [3.8, 4) is 11.3 Å². The van der Waals surface area contributed by atoms with Gasteiger partial charge in [0.05, 0.1) is 35.7 Å². The first kappa shape index (κ1) is 21.2. The van der Waals surface area contributed by atoms with Crippen LogP contribution in [-0.4, -0.2) is 27.3 Å². The van der Waals surface area contributed by atoms with E-state index in [-0.39, 0.29) is 5.91 Å². The van der Waals surface area contributed by atoms with Gasteiger partial charge in [-0.1, -0.05) is 72.8 Å². The zero-order chi connectivity index (χ0) is 23.6. The molecular weight excluding hydrogens is 434 g/mol. The molecule has 1 aliphatic rings. The smallest absolute Gasteiger partial charge is 0.279 e. The van der Waals surface area contributed by atoms with E-state index in [1.807, 2.05) is 97.1 Å². The molecule has 170 valence electrons. The van der Waals surface area contributed by atoms with Crippen LogP contribution < -0.4 is 0 Å². The summed E-state index contributed by atoms with van der Waals surface area (Å²) in [5.74, 6) is -0.130. The van der Waals surface area contributed by atoms with Crippen molar-refractivity contribution in [3.05, 3.63) is 126 Å². The Morgan fingerprint density at radius 3 is 2.43 bits per heavy atom. The largest absolute Gasteiger partial charge is 0.372 e. The molecule has 3 heterocycles. The first-order valence-corrected chi connectivity index (χ1v) is 11.6. The molecule has 1 aliphatic heterocycles. The van der Waals surface area contributed by atoms with Crippen molar-refractivity contribution in [2.45, 2.75) is 13.0 Å². The van der Waals surface area contributed by atoms with E-state index in [1.165, 1.54) is 0 Å². The molecule has 0 atom stereocenters. The Hall–Kier alpha value is -4.35. The standard InChI is InChI=1S/C30H23N3O2/c34-30-29(24-13-14-27-23(16-24)12-7-15-31-27)25(20-35-19-21-8-3-1-4-9-21)17-26-18-28(32-33(26)30)22-10-5-2-6-11-22/h1-16,18H,17,19-20H2. The number of fused-ring (bicyclic) bond motifs is 2. The van der Waals surface area contributed by atoms with Gasteiger partial charge >= 0.3 is 0 Å². The van der Waals surface area contributed by atoms with Gasteiger partial charge in [0.2, 0.25) is 0 Å². The SMILES string of the molecule is O=C1C(c2ccc3ncccc3c2)=C(COCc2ccccc2)Cc2cc(-c3ccccc3)nn21. The van der Waals surface area contributed by atoms with Gasteiger partial charge in [-0.25, -0.2) is 0 Å². The highest BCUT2D eigenvalue weighted by molar-refractivity contribution is 6.23. The summed E-state index contributed by atoms with van der Waals surface area (Å²) in [4.78, 5) is 18.2. The minimum Gasteiger partial charge on any atom is -0.372 e. The molecule has 0 saturated heterocycles. The fourth-order valence-electron chi connectivity index (χ4n) is 4.58. The average molecular weight is 458 g/mol. The lowest BCUT2D eigenvalue weighted by atomic mass is 9.92. The second-order valence-corrected chi connectivity index (χ2v) is 8.65. The lowest BCUT2D eigenvalue weighted by Crippen LogP contribution is -2.25. The van der Waals surface area contributed by atoms with Crippen LogP contribution in [0.4, 0.5) is 0 Å². The summed E-state index contributed by atoms with van der Waals surface area (Å²) in [5, 5.41) is 5.67. The van der Waals surface area contributed by atoms with Crippen molar-refractivity contribution in [2.75, 3.05) is 6.61 Å². The Balaban J connectivity index is 1.39. The Kier molecular flexibility index (Phi) is 5.53. The Morgan fingerprint density at radius 1 is 0.800 bits per heavy atom. The molecule has 35 heavy (non-hydrogen) atoms. The van der Waals surface area contributed by atoms with Gasteiger partial charge in [0, 0.05) is 23.6 Å². The molecule has 5 heteroatoms. The van der Waals surface area contributed by atoms with E-state index < -0.39 is 0 Å². The summed E-state index contributed by atoms with van der Waals surface area (Å²) in [6.07, 6.45) is 2.37. The quantitative estimate of drug-likeness (QED) is 0.315. The fraction of sp³-hybridized carbons (Fsp3) is 0.100. The zero-order valence-electron chi connectivity index (χ0n) is 19.1. The van der Waals surface area contributed by atoms with Gasteiger partial charge in [0.1, 0.15) is 0 Å². The highest BCUT2D eigenvalue weighted by atomic mass is 16.5. The van der Waals surface area contributed by atoms with Crippen LogP contribution in [0.25, 0.3) is 27.7 Å². The number of hydrogen-bond acceptors (Lipinski definition) is 4. The van der Waals surface area contributed by atoms with E-state index >= 15 is 0 Å². The average Bonchev–Trinajstić information content (AvgIpc) is 3.34. The maximum absolute atomic E-state index is 13.8. The summed E-state index contributed by atoms with van der Waals surface area (Å²) in [5.41, 5.74) is 7.12. The highest BCUT2D eigenvalue weighted by Gasteiger charge is 2.29.